The van der Waals surface area contributed by atoms with Crippen LogP contribution < -0.4 is 21.3 Å². The molecule has 12 N–H and O–H groups in total. The number of nitrogens with one attached hydrogen (secondary N) is 5. The summed E-state index contributed by atoms with van der Waals surface area (Å²) >= 11 is 0. The fourth-order valence-corrected chi connectivity index (χ4v) is 9.32. The van der Waals surface area contributed by atoms with Gasteiger partial charge in [0.25, 0.3) is 5.91 Å². The predicted molar refractivity (Wildman–Crippen MR) is 285 cm³/mol. The van der Waals surface area contributed by atoms with E-state index in [1.165, 1.54) is 4.90 Å². The molecule has 2 aliphatic heterocycles. The first-order chi connectivity index (χ1) is 38.6. The van der Waals surface area contributed by atoms with Crippen molar-refractivity contribution in [3.05, 3.63) is 83.4 Å². The minimum atomic E-state index is -1.84. The maximum atomic E-state index is 14.2. The molecule has 0 aliphatic carbocycles. The lowest BCUT2D eigenvalue weighted by Crippen LogP contribution is -2.57. The number of anilines is 1. The predicted octanol–water partition coefficient (Wildman–Crippen LogP) is -1.68. The van der Waals surface area contributed by atoms with Crippen molar-refractivity contribution in [3.8, 4) is 0 Å². The highest BCUT2D eigenvalue weighted by Gasteiger charge is 2.33. The first kappa shape index (κ1) is 63.7. The molecule has 0 radical (unpaired) electrons. The fourth-order valence-electron chi connectivity index (χ4n) is 9.32. The van der Waals surface area contributed by atoms with Crippen molar-refractivity contribution in [2.45, 2.75) is 82.5 Å². The maximum Gasteiger partial charge on any atom is 0.317 e. The number of carbonyl (C=O) groups excluding carboxylic acids is 4. The summed E-state index contributed by atoms with van der Waals surface area (Å²) in [5, 5.41) is 80.0. The van der Waals surface area contributed by atoms with Crippen LogP contribution in [-0.4, -0.2) is 251 Å². The van der Waals surface area contributed by atoms with Crippen molar-refractivity contribution in [3.63, 3.8) is 0 Å². The lowest BCUT2D eigenvalue weighted by atomic mass is 10.1. The van der Waals surface area contributed by atoms with Crippen molar-refractivity contribution in [1.29, 1.82) is 0 Å². The molecule has 1 saturated heterocycles. The number of carboxylic acid groups (broad SMARTS) is 6. The number of aliphatic hydroxyl groups is 1. The van der Waals surface area contributed by atoms with Gasteiger partial charge in [-0.25, -0.2) is 4.98 Å². The Kier molecular flexibility index (Phi) is 25.4. The maximum absolute atomic E-state index is 14.2. The number of aromatic amines is 1. The average Bonchev–Trinajstić information content (AvgIpc) is 3.89. The Bertz CT molecular complexity index is 2600. The second-order valence-electron chi connectivity index (χ2n) is 19.7. The van der Waals surface area contributed by atoms with Gasteiger partial charge in [0, 0.05) is 115 Å². The second-order valence-corrected chi connectivity index (χ2v) is 19.7. The number of H-pyrrole nitrogens is 1. The topological polar surface area (TPSA) is 409 Å². The molecule has 0 saturated carbocycles. The lowest BCUT2D eigenvalue weighted by molar-refractivity contribution is -0.141. The van der Waals surface area contributed by atoms with Gasteiger partial charge in [0.05, 0.1) is 51.2 Å². The number of benzene rings is 2. The van der Waals surface area contributed by atoms with E-state index in [9.17, 15) is 83.7 Å². The number of imidazole rings is 1. The van der Waals surface area contributed by atoms with Crippen LogP contribution in [0.1, 0.15) is 65.8 Å². The molecule has 1 unspecified atom stereocenters. The number of carbonyl (C=O) groups is 10. The summed E-state index contributed by atoms with van der Waals surface area (Å²) in [5.74, 6) is -9.15. The number of aliphatic carboxylic acids is 6. The zero-order chi connectivity index (χ0) is 59.0. The van der Waals surface area contributed by atoms with E-state index in [2.05, 4.69) is 31.2 Å². The Morgan fingerprint density at radius 1 is 0.691 bits per heavy atom. The highest BCUT2D eigenvalue weighted by molar-refractivity contribution is 5.96. The number of hydrogen-bond donors (Lipinski definition) is 12. The van der Waals surface area contributed by atoms with E-state index in [-0.39, 0.29) is 122 Å². The minimum absolute atomic E-state index is 0.0239. The molecule has 3 aromatic rings. The number of aliphatic hydroxyl groups excluding tert-OH is 1. The van der Waals surface area contributed by atoms with Crippen molar-refractivity contribution in [2.24, 2.45) is 0 Å². The minimum Gasteiger partial charge on any atom is -0.481 e. The fraction of sp³-hybridized carbons (Fsp3) is 0.519. The van der Waals surface area contributed by atoms with Gasteiger partial charge in [-0.05, 0) is 48.6 Å². The molecular formula is C52H72N12O17. The molecule has 0 bridgehead atoms. The molecule has 1 fully saturated rings. The van der Waals surface area contributed by atoms with Crippen LogP contribution in [0.2, 0.25) is 0 Å². The third-order valence-electron chi connectivity index (χ3n) is 13.4. The molecule has 29 nitrogen and oxygen atoms in total. The normalized spacial score (nSPS) is 17.1. The SMILES string of the molecule is O=C(O)CCC(NC(=O)CN1CCN(CC(=O)O)CCN(CC(=O)O)CCN(CC(=O)O)CC1)[C@@H](O)N[C@@H](CCC(=O)O)C(=O)NCCCN1Cc2cc(C(=O)N(Cc3ccccc3)Cc3ncc[nH]3)ccc2N[C@@H](CC(=O)O)C1=O. The van der Waals surface area contributed by atoms with E-state index in [1.54, 1.807) is 55.1 Å². The molecule has 81 heavy (non-hydrogen) atoms. The summed E-state index contributed by atoms with van der Waals surface area (Å²) in [5.41, 5.74) is 2.10. The molecule has 1 aromatic heterocycles. The second kappa shape index (κ2) is 32.2. The number of nitrogens with zero attached hydrogens (tertiary/aromatic N) is 7. The Balaban J connectivity index is 1.26. The van der Waals surface area contributed by atoms with Crippen LogP contribution >= 0.6 is 0 Å². The molecule has 0 spiro atoms. The lowest BCUT2D eigenvalue weighted by Gasteiger charge is -2.33. The number of rotatable bonds is 30. The summed E-state index contributed by atoms with van der Waals surface area (Å²) in [6.45, 7) is -0.526. The van der Waals surface area contributed by atoms with Gasteiger partial charge in [-0.1, -0.05) is 30.3 Å². The van der Waals surface area contributed by atoms with E-state index in [0.29, 0.717) is 17.1 Å². The molecule has 2 aliphatic rings. The monoisotopic (exact) mass is 1140 g/mol. The summed E-state index contributed by atoms with van der Waals surface area (Å²) < 4.78 is 0. The van der Waals surface area contributed by atoms with Gasteiger partial charge in [-0.2, -0.15) is 0 Å². The first-order valence-electron chi connectivity index (χ1n) is 26.3. The van der Waals surface area contributed by atoms with E-state index >= 15 is 0 Å². The van der Waals surface area contributed by atoms with Gasteiger partial charge in [-0.15, -0.1) is 0 Å². The quantitative estimate of drug-likeness (QED) is 0.0262. The van der Waals surface area contributed by atoms with Crippen LogP contribution in [0.5, 0.6) is 0 Å². The number of amides is 4. The highest BCUT2D eigenvalue weighted by atomic mass is 16.4. The Hall–Kier alpha value is -8.09. The van der Waals surface area contributed by atoms with E-state index in [1.807, 2.05) is 30.3 Å². The summed E-state index contributed by atoms with van der Waals surface area (Å²) in [7, 11) is 0. The van der Waals surface area contributed by atoms with Crippen LogP contribution in [0.15, 0.2) is 60.9 Å². The summed E-state index contributed by atoms with van der Waals surface area (Å²) in [6, 6.07) is 10.2. The Morgan fingerprint density at radius 3 is 1.79 bits per heavy atom. The Morgan fingerprint density at radius 2 is 1.26 bits per heavy atom. The number of aromatic nitrogens is 2. The van der Waals surface area contributed by atoms with Crippen LogP contribution in [-0.2, 0) is 62.8 Å². The van der Waals surface area contributed by atoms with Gasteiger partial charge in [0.1, 0.15) is 18.1 Å². The van der Waals surface area contributed by atoms with Gasteiger partial charge < -0.3 is 66.5 Å². The molecule has 2 aromatic carbocycles. The van der Waals surface area contributed by atoms with E-state index in [4.69, 9.17) is 0 Å². The summed E-state index contributed by atoms with van der Waals surface area (Å²) in [4.78, 5) is 143. The molecular weight excluding hydrogens is 1060 g/mol. The smallest absolute Gasteiger partial charge is 0.317 e. The Labute approximate surface area is 465 Å². The molecule has 4 atom stereocenters. The van der Waals surface area contributed by atoms with Gasteiger partial charge in [0.2, 0.25) is 17.7 Å². The highest BCUT2D eigenvalue weighted by Crippen LogP contribution is 2.27. The molecule has 29 heteroatoms. The van der Waals surface area contributed by atoms with Crippen LogP contribution in [0.4, 0.5) is 5.69 Å². The molecule has 442 valence electrons. The standard InChI is InChI=1S/C52H72N12O17/c65-42(30-59-17-19-60(31-46(72)73)21-23-62(33-48(76)77)24-22-61(20-18-59)32-47(74)75)57-39(10-12-44(68)69)50(79)58-38(9-11-43(66)67)49(78)55-13-4-16-63-28-36-25-35(7-8-37(36)56-40(52(63)81)26-45(70)71)51(80)64(29-41-53-14-15-54-41)27-34-5-2-1-3-6-34/h1-3,5-8,14-15,25,38-40,50,56,58,79H,4,9-13,16-24,26-33H2,(H,53,54)(H,55,78)(H,57,65)(H,66,67)(H,68,69)(H,70,71)(H,72,73)(H,74,75)(H,76,77)/t38-,39?,40-,50+/m0/s1. The van der Waals surface area contributed by atoms with Gasteiger partial charge >= 0.3 is 35.8 Å². The molecule has 4 amide bonds. The van der Waals surface area contributed by atoms with Crippen LogP contribution in [0.25, 0.3) is 0 Å². The average molecular weight is 1140 g/mol. The number of carboxylic acids is 6. The third kappa shape index (κ3) is 22.5. The van der Waals surface area contributed by atoms with Crippen molar-refractivity contribution >= 4 is 65.1 Å². The molecule has 3 heterocycles. The van der Waals surface area contributed by atoms with Crippen molar-refractivity contribution < 1.29 is 83.7 Å². The van der Waals surface area contributed by atoms with E-state index < -0.39 is 117 Å². The zero-order valence-electron chi connectivity index (χ0n) is 44.7. The first-order valence-corrected chi connectivity index (χ1v) is 26.3. The summed E-state index contributed by atoms with van der Waals surface area (Å²) in [6.07, 6.45) is -0.986. The zero-order valence-corrected chi connectivity index (χ0v) is 44.7. The van der Waals surface area contributed by atoms with Crippen LogP contribution in [0, 0.1) is 0 Å². The van der Waals surface area contributed by atoms with Gasteiger partial charge in [0.15, 0.2) is 0 Å². The van der Waals surface area contributed by atoms with Gasteiger partial charge in [-0.3, -0.25) is 72.9 Å². The van der Waals surface area contributed by atoms with E-state index in [0.717, 1.165) is 5.56 Å². The van der Waals surface area contributed by atoms with Crippen molar-refractivity contribution in [2.75, 3.05) is 96.9 Å². The third-order valence-corrected chi connectivity index (χ3v) is 13.4. The van der Waals surface area contributed by atoms with Crippen LogP contribution in [0.3, 0.4) is 0 Å². The largest absolute Gasteiger partial charge is 0.481 e. The number of fused-ring (bicyclic) bond motifs is 1. The van der Waals surface area contributed by atoms with Crippen molar-refractivity contribution in [1.82, 2.24) is 55.3 Å². The number of hydrogen-bond acceptors (Lipinski definition) is 18. The molecule has 5 rings (SSSR count).